The van der Waals surface area contributed by atoms with Crippen LogP contribution in [0.5, 0.6) is 5.75 Å². The van der Waals surface area contributed by atoms with Crippen LogP contribution >= 0.6 is 0 Å². The molecule has 0 saturated carbocycles. The molecule has 0 spiro atoms. The molecule has 0 aliphatic heterocycles. The average molecular weight is 450 g/mol. The molecule has 0 aliphatic rings. The number of rotatable bonds is 6. The van der Waals surface area contributed by atoms with Crippen molar-refractivity contribution >= 4 is 16.7 Å². The van der Waals surface area contributed by atoms with Crippen LogP contribution in [0.1, 0.15) is 45.6 Å². The Morgan fingerprint density at radius 1 is 0.903 bits per heavy atom. The van der Waals surface area contributed by atoms with Crippen molar-refractivity contribution in [2.45, 2.75) is 58.5 Å². The highest BCUT2D eigenvalue weighted by molar-refractivity contribution is 5.84. The van der Waals surface area contributed by atoms with Crippen molar-refractivity contribution in [1.82, 2.24) is 0 Å². The quantitative estimate of drug-likeness (QED) is 0.359. The highest BCUT2D eigenvalue weighted by Crippen LogP contribution is 2.36. The molecule has 2 rings (SSSR count). The number of benzene rings is 2. The van der Waals surface area contributed by atoms with Crippen LogP contribution in [0.4, 0.5) is 26.3 Å². The van der Waals surface area contributed by atoms with Crippen molar-refractivity contribution in [3.05, 3.63) is 42.0 Å². The SMILES string of the molecule is CC(CC(C)(C)C)c1ccc2cc(OCC(=O)OC(C(F)(F)F)C(F)(F)F)ccc2c1. The summed E-state index contributed by atoms with van der Waals surface area (Å²) >= 11 is 0. The van der Waals surface area contributed by atoms with E-state index in [2.05, 4.69) is 32.4 Å². The fourth-order valence-electron chi connectivity index (χ4n) is 3.30. The first-order valence-corrected chi connectivity index (χ1v) is 9.56. The van der Waals surface area contributed by atoms with Gasteiger partial charge in [-0.25, -0.2) is 4.79 Å². The normalized spacial score (nSPS) is 14.0. The van der Waals surface area contributed by atoms with E-state index >= 15 is 0 Å². The molecule has 0 amide bonds. The average Bonchev–Trinajstić information content (AvgIpc) is 2.60. The molecular weight excluding hydrogens is 426 g/mol. The van der Waals surface area contributed by atoms with Gasteiger partial charge in [-0.05, 0) is 46.2 Å². The van der Waals surface area contributed by atoms with Gasteiger partial charge in [-0.1, -0.05) is 52.0 Å². The summed E-state index contributed by atoms with van der Waals surface area (Å²) in [6.45, 7) is 7.51. The molecule has 2 aromatic carbocycles. The van der Waals surface area contributed by atoms with Gasteiger partial charge in [-0.2, -0.15) is 26.3 Å². The minimum atomic E-state index is -5.77. The van der Waals surface area contributed by atoms with E-state index in [1.165, 1.54) is 6.07 Å². The number of hydrogen-bond donors (Lipinski definition) is 0. The molecule has 0 N–H and O–H groups in total. The third-order valence-electron chi connectivity index (χ3n) is 4.52. The predicted molar refractivity (Wildman–Crippen MR) is 104 cm³/mol. The summed E-state index contributed by atoms with van der Waals surface area (Å²) in [5.74, 6) is -1.33. The zero-order chi connectivity index (χ0) is 23.6. The van der Waals surface area contributed by atoms with Crippen molar-refractivity contribution in [3.63, 3.8) is 0 Å². The maximum absolute atomic E-state index is 12.5. The Kier molecular flexibility index (Phi) is 7.17. The fourth-order valence-corrected chi connectivity index (χ4v) is 3.30. The van der Waals surface area contributed by atoms with Crippen LogP contribution in [0.25, 0.3) is 10.8 Å². The first kappa shape index (κ1) is 24.8. The van der Waals surface area contributed by atoms with Gasteiger partial charge in [-0.15, -0.1) is 0 Å². The zero-order valence-corrected chi connectivity index (χ0v) is 17.5. The lowest BCUT2D eigenvalue weighted by molar-refractivity contribution is -0.313. The summed E-state index contributed by atoms with van der Waals surface area (Å²) in [5.41, 5.74) is 1.31. The Bertz CT molecular complexity index is 898. The van der Waals surface area contributed by atoms with Crippen molar-refractivity contribution in [2.24, 2.45) is 5.41 Å². The van der Waals surface area contributed by atoms with Gasteiger partial charge in [0.1, 0.15) is 5.75 Å². The molecule has 0 fully saturated rings. The number of esters is 1. The monoisotopic (exact) mass is 450 g/mol. The molecule has 0 bridgehead atoms. The number of halogens is 6. The van der Waals surface area contributed by atoms with E-state index in [1.807, 2.05) is 18.2 Å². The van der Waals surface area contributed by atoms with Crippen molar-refractivity contribution in [1.29, 1.82) is 0 Å². The molecule has 2 aromatic rings. The van der Waals surface area contributed by atoms with Crippen molar-refractivity contribution in [3.8, 4) is 5.75 Å². The van der Waals surface area contributed by atoms with Crippen molar-refractivity contribution in [2.75, 3.05) is 6.61 Å². The smallest absolute Gasteiger partial charge is 0.434 e. The van der Waals surface area contributed by atoms with Gasteiger partial charge < -0.3 is 9.47 Å². The van der Waals surface area contributed by atoms with Gasteiger partial charge in [0, 0.05) is 0 Å². The highest BCUT2D eigenvalue weighted by atomic mass is 19.4. The van der Waals surface area contributed by atoms with Gasteiger partial charge in [-0.3, -0.25) is 0 Å². The summed E-state index contributed by atoms with van der Waals surface area (Å²) in [4.78, 5) is 11.5. The number of hydrogen-bond acceptors (Lipinski definition) is 3. The predicted octanol–water partition coefficient (Wildman–Crippen LogP) is 6.79. The Hall–Kier alpha value is -2.45. The number of fused-ring (bicyclic) bond motifs is 1. The molecule has 1 unspecified atom stereocenters. The Labute approximate surface area is 176 Å². The van der Waals surface area contributed by atoms with Crippen LogP contribution in [0.2, 0.25) is 0 Å². The van der Waals surface area contributed by atoms with E-state index < -0.39 is 31.0 Å². The van der Waals surface area contributed by atoms with E-state index in [1.54, 1.807) is 12.1 Å². The second kappa shape index (κ2) is 8.96. The Morgan fingerprint density at radius 2 is 1.45 bits per heavy atom. The van der Waals surface area contributed by atoms with Crippen LogP contribution in [0.3, 0.4) is 0 Å². The molecule has 0 saturated heterocycles. The van der Waals surface area contributed by atoms with Crippen LogP contribution in [0, 0.1) is 5.41 Å². The molecule has 1 atom stereocenters. The lowest BCUT2D eigenvalue weighted by Gasteiger charge is -2.23. The van der Waals surface area contributed by atoms with E-state index in [4.69, 9.17) is 4.74 Å². The number of carbonyl (C=O) groups excluding carboxylic acids is 1. The zero-order valence-electron chi connectivity index (χ0n) is 17.5. The first-order valence-electron chi connectivity index (χ1n) is 9.56. The third kappa shape index (κ3) is 7.33. The van der Waals surface area contributed by atoms with Gasteiger partial charge in [0.2, 0.25) is 0 Å². The van der Waals surface area contributed by atoms with Gasteiger partial charge in [0.05, 0.1) is 0 Å². The largest absolute Gasteiger partial charge is 0.482 e. The third-order valence-corrected chi connectivity index (χ3v) is 4.52. The van der Waals surface area contributed by atoms with Crippen LogP contribution in [-0.4, -0.2) is 31.0 Å². The molecular formula is C22H24F6O3. The van der Waals surface area contributed by atoms with Gasteiger partial charge in [0.15, 0.2) is 6.61 Å². The Balaban J connectivity index is 2.06. The van der Waals surface area contributed by atoms with Gasteiger partial charge >= 0.3 is 18.3 Å². The second-order valence-corrected chi connectivity index (χ2v) is 8.68. The van der Waals surface area contributed by atoms with E-state index in [0.717, 1.165) is 22.8 Å². The lowest BCUT2D eigenvalue weighted by Crippen LogP contribution is -2.46. The van der Waals surface area contributed by atoms with Crippen LogP contribution in [-0.2, 0) is 9.53 Å². The summed E-state index contributed by atoms with van der Waals surface area (Å²) in [6.07, 6.45) is -14.7. The molecule has 0 aliphatic carbocycles. The number of alkyl halides is 6. The maximum atomic E-state index is 12.5. The topological polar surface area (TPSA) is 35.5 Å². The summed E-state index contributed by atoms with van der Waals surface area (Å²) in [6, 6.07) is 10.6. The summed E-state index contributed by atoms with van der Waals surface area (Å²) in [7, 11) is 0. The maximum Gasteiger partial charge on any atom is 0.434 e. The van der Waals surface area contributed by atoms with E-state index in [-0.39, 0.29) is 11.2 Å². The van der Waals surface area contributed by atoms with E-state index in [9.17, 15) is 31.1 Å². The molecule has 0 heterocycles. The van der Waals surface area contributed by atoms with Crippen LogP contribution in [0.15, 0.2) is 36.4 Å². The fraction of sp³-hybridized carbons (Fsp3) is 0.500. The molecule has 3 nitrogen and oxygen atoms in total. The van der Waals surface area contributed by atoms with Crippen LogP contribution < -0.4 is 4.74 Å². The first-order chi connectivity index (χ1) is 14.1. The minimum Gasteiger partial charge on any atom is -0.482 e. The molecule has 9 heteroatoms. The number of ether oxygens (including phenoxy) is 2. The minimum absolute atomic E-state index is 0.121. The summed E-state index contributed by atoms with van der Waals surface area (Å²) < 4.78 is 83.3. The molecule has 172 valence electrons. The lowest BCUT2D eigenvalue weighted by atomic mass is 9.82. The van der Waals surface area contributed by atoms with E-state index in [0.29, 0.717) is 5.92 Å². The molecule has 0 aromatic heterocycles. The molecule has 0 radical (unpaired) electrons. The van der Waals surface area contributed by atoms with Crippen molar-refractivity contribution < 1.29 is 40.6 Å². The number of carbonyl (C=O) groups is 1. The summed E-state index contributed by atoms with van der Waals surface area (Å²) in [5, 5.41) is 1.64. The molecule has 31 heavy (non-hydrogen) atoms. The van der Waals surface area contributed by atoms with Gasteiger partial charge in [0.25, 0.3) is 6.10 Å². The standard InChI is InChI=1S/C22H24F6O3/c1-13(11-20(2,3)4)14-5-6-16-10-17(8-7-15(16)9-14)30-12-18(29)31-19(21(23,24)25)22(26,27)28/h5-10,13,19H,11-12H2,1-4H3. The highest BCUT2D eigenvalue weighted by Gasteiger charge is 2.59. The Morgan fingerprint density at radius 3 is 2.00 bits per heavy atom. The second-order valence-electron chi connectivity index (χ2n) is 8.68.